The Hall–Kier alpha value is -2.11. The topological polar surface area (TPSA) is 81.2 Å². The normalized spacial score (nSPS) is 12.5. The highest BCUT2D eigenvalue weighted by Crippen LogP contribution is 2.24. The summed E-state index contributed by atoms with van der Waals surface area (Å²) in [6.07, 6.45) is 5.53. The summed E-state index contributed by atoms with van der Waals surface area (Å²) in [6, 6.07) is 5.24. The second kappa shape index (κ2) is 7.06. The molecular formula is C15H21N3O3. The molecule has 1 aromatic carbocycles. The number of nitro benzene ring substituents is 1. The van der Waals surface area contributed by atoms with Gasteiger partial charge in [0.05, 0.1) is 11.0 Å². The zero-order valence-corrected chi connectivity index (χ0v) is 12.5. The van der Waals surface area contributed by atoms with Crippen molar-refractivity contribution in [3.63, 3.8) is 0 Å². The molecule has 6 nitrogen and oxygen atoms in total. The number of non-ortho nitro benzene ring substituents is 1. The minimum absolute atomic E-state index is 0.0151. The summed E-state index contributed by atoms with van der Waals surface area (Å²) in [5.74, 6) is 0. The van der Waals surface area contributed by atoms with Crippen LogP contribution in [0.25, 0.3) is 11.1 Å². The maximum atomic E-state index is 10.8. The number of unbranched alkanes of at least 4 members (excludes halogenated alkanes) is 1. The predicted molar refractivity (Wildman–Crippen MR) is 82.5 cm³/mol. The molecule has 0 saturated carbocycles. The van der Waals surface area contributed by atoms with Crippen LogP contribution in [0.3, 0.4) is 0 Å². The molecule has 1 N–H and O–H groups in total. The lowest BCUT2D eigenvalue weighted by Crippen LogP contribution is -2.19. The van der Waals surface area contributed by atoms with Gasteiger partial charge < -0.3 is 9.73 Å². The lowest BCUT2D eigenvalue weighted by molar-refractivity contribution is -0.384. The molecule has 1 heterocycles. The summed E-state index contributed by atoms with van der Waals surface area (Å²) < 4.78 is 5.59. The van der Waals surface area contributed by atoms with Crippen LogP contribution < -0.4 is 5.32 Å². The smallest absolute Gasteiger partial charge is 0.295 e. The highest BCUT2D eigenvalue weighted by atomic mass is 16.6. The van der Waals surface area contributed by atoms with Gasteiger partial charge in [-0.25, -0.2) is 0 Å². The maximum absolute atomic E-state index is 10.8. The van der Waals surface area contributed by atoms with Crippen molar-refractivity contribution in [2.45, 2.75) is 52.0 Å². The zero-order chi connectivity index (χ0) is 15.2. The van der Waals surface area contributed by atoms with Gasteiger partial charge in [-0.1, -0.05) is 33.1 Å². The molecule has 1 unspecified atom stereocenters. The van der Waals surface area contributed by atoms with E-state index in [1.165, 1.54) is 12.1 Å². The van der Waals surface area contributed by atoms with E-state index in [0.29, 0.717) is 23.2 Å². The third-order valence-electron chi connectivity index (χ3n) is 3.45. The molecule has 0 aliphatic carbocycles. The Morgan fingerprint density at radius 3 is 2.81 bits per heavy atom. The van der Waals surface area contributed by atoms with Crippen LogP contribution in [0.1, 0.15) is 46.0 Å². The van der Waals surface area contributed by atoms with Gasteiger partial charge in [0.25, 0.3) is 11.7 Å². The molecule has 0 radical (unpaired) electrons. The molecule has 1 aromatic heterocycles. The number of anilines is 1. The Morgan fingerprint density at radius 2 is 2.14 bits per heavy atom. The van der Waals surface area contributed by atoms with E-state index in [-0.39, 0.29) is 5.69 Å². The molecule has 0 aliphatic rings. The van der Waals surface area contributed by atoms with Crippen LogP contribution in [0.15, 0.2) is 22.6 Å². The van der Waals surface area contributed by atoms with Crippen molar-refractivity contribution in [1.29, 1.82) is 0 Å². The first-order valence-corrected chi connectivity index (χ1v) is 7.45. The fourth-order valence-electron chi connectivity index (χ4n) is 2.35. The van der Waals surface area contributed by atoms with Crippen LogP contribution in [-0.4, -0.2) is 15.9 Å². The van der Waals surface area contributed by atoms with Crippen LogP contribution in [0, 0.1) is 10.1 Å². The van der Waals surface area contributed by atoms with E-state index in [0.717, 1.165) is 32.1 Å². The molecule has 2 rings (SSSR count). The molecule has 6 heteroatoms. The standard InChI is InChI=1S/C15H21N3O3/c1-3-5-7-11(6-4-2)16-15-17-13-9-8-12(18(19)20)10-14(13)21-15/h8-11H,3-7H2,1-2H3,(H,16,17). The summed E-state index contributed by atoms with van der Waals surface area (Å²) >= 11 is 0. The van der Waals surface area contributed by atoms with Crippen molar-refractivity contribution in [2.75, 3.05) is 5.32 Å². The third kappa shape index (κ3) is 3.93. The summed E-state index contributed by atoms with van der Waals surface area (Å²) in [7, 11) is 0. The highest BCUT2D eigenvalue weighted by Gasteiger charge is 2.14. The summed E-state index contributed by atoms with van der Waals surface area (Å²) in [5.41, 5.74) is 1.09. The van der Waals surface area contributed by atoms with E-state index in [1.807, 2.05) is 0 Å². The van der Waals surface area contributed by atoms with E-state index in [2.05, 4.69) is 24.1 Å². The molecule has 1 atom stereocenters. The molecule has 2 aromatic rings. The summed E-state index contributed by atoms with van der Waals surface area (Å²) in [5, 5.41) is 14.1. The van der Waals surface area contributed by atoms with Crippen molar-refractivity contribution in [2.24, 2.45) is 0 Å². The van der Waals surface area contributed by atoms with Gasteiger partial charge in [0.15, 0.2) is 5.58 Å². The summed E-state index contributed by atoms with van der Waals surface area (Å²) in [4.78, 5) is 14.7. The molecular weight excluding hydrogens is 270 g/mol. The van der Waals surface area contributed by atoms with Crippen molar-refractivity contribution in [3.05, 3.63) is 28.3 Å². The zero-order valence-electron chi connectivity index (χ0n) is 12.5. The Morgan fingerprint density at radius 1 is 1.33 bits per heavy atom. The van der Waals surface area contributed by atoms with Gasteiger partial charge in [-0.2, -0.15) is 4.98 Å². The van der Waals surface area contributed by atoms with E-state index in [1.54, 1.807) is 6.07 Å². The second-order valence-corrected chi connectivity index (χ2v) is 5.20. The van der Waals surface area contributed by atoms with Crippen LogP contribution in [0.5, 0.6) is 0 Å². The van der Waals surface area contributed by atoms with Gasteiger partial charge in [0.2, 0.25) is 0 Å². The second-order valence-electron chi connectivity index (χ2n) is 5.20. The first-order chi connectivity index (χ1) is 10.1. The van der Waals surface area contributed by atoms with Gasteiger partial charge in [-0.3, -0.25) is 10.1 Å². The van der Waals surface area contributed by atoms with Gasteiger partial charge in [0.1, 0.15) is 5.52 Å². The lowest BCUT2D eigenvalue weighted by atomic mass is 10.1. The van der Waals surface area contributed by atoms with Gasteiger partial charge in [-0.05, 0) is 18.9 Å². The minimum Gasteiger partial charge on any atom is -0.423 e. The van der Waals surface area contributed by atoms with Crippen molar-refractivity contribution in [1.82, 2.24) is 4.98 Å². The predicted octanol–water partition coefficient (Wildman–Crippen LogP) is 4.51. The van der Waals surface area contributed by atoms with E-state index >= 15 is 0 Å². The largest absolute Gasteiger partial charge is 0.423 e. The average Bonchev–Trinajstić information content (AvgIpc) is 2.86. The number of fused-ring (bicyclic) bond motifs is 1. The lowest BCUT2D eigenvalue weighted by Gasteiger charge is -2.15. The number of aromatic nitrogens is 1. The first kappa shape index (κ1) is 15.3. The van der Waals surface area contributed by atoms with Crippen LogP contribution >= 0.6 is 0 Å². The highest BCUT2D eigenvalue weighted by molar-refractivity contribution is 5.77. The van der Waals surface area contributed by atoms with Gasteiger partial charge in [-0.15, -0.1) is 0 Å². The van der Waals surface area contributed by atoms with E-state index in [9.17, 15) is 10.1 Å². The molecule has 0 saturated heterocycles. The van der Waals surface area contributed by atoms with Crippen LogP contribution in [-0.2, 0) is 0 Å². The Balaban J connectivity index is 2.15. The maximum Gasteiger partial charge on any atom is 0.295 e. The number of nitrogens with one attached hydrogen (secondary N) is 1. The summed E-state index contributed by atoms with van der Waals surface area (Å²) in [6.45, 7) is 4.32. The number of rotatable bonds is 8. The van der Waals surface area contributed by atoms with E-state index in [4.69, 9.17) is 4.42 Å². The average molecular weight is 291 g/mol. The van der Waals surface area contributed by atoms with Crippen molar-refractivity contribution >= 4 is 22.8 Å². The van der Waals surface area contributed by atoms with Gasteiger partial charge in [0, 0.05) is 12.1 Å². The molecule has 114 valence electrons. The monoisotopic (exact) mass is 291 g/mol. The molecule has 21 heavy (non-hydrogen) atoms. The Bertz CT molecular complexity index is 609. The SMILES string of the molecule is CCCCC(CCC)Nc1nc2ccc([N+](=O)[O-])cc2o1. The number of hydrogen-bond acceptors (Lipinski definition) is 5. The van der Waals surface area contributed by atoms with Crippen molar-refractivity contribution in [3.8, 4) is 0 Å². The van der Waals surface area contributed by atoms with Gasteiger partial charge >= 0.3 is 0 Å². The molecule has 0 spiro atoms. The minimum atomic E-state index is -0.434. The molecule has 0 aliphatic heterocycles. The first-order valence-electron chi connectivity index (χ1n) is 7.45. The Labute approximate surface area is 123 Å². The van der Waals surface area contributed by atoms with Crippen molar-refractivity contribution < 1.29 is 9.34 Å². The molecule has 0 amide bonds. The molecule has 0 bridgehead atoms. The quantitative estimate of drug-likeness (QED) is 0.571. The third-order valence-corrected chi connectivity index (χ3v) is 3.45. The number of oxazole rings is 1. The van der Waals surface area contributed by atoms with Crippen LogP contribution in [0.4, 0.5) is 11.7 Å². The number of nitro groups is 1. The fourth-order valence-corrected chi connectivity index (χ4v) is 2.35. The fraction of sp³-hybridized carbons (Fsp3) is 0.533. The number of benzene rings is 1. The van der Waals surface area contributed by atoms with E-state index < -0.39 is 4.92 Å². The van der Waals surface area contributed by atoms with Crippen LogP contribution in [0.2, 0.25) is 0 Å². The number of hydrogen-bond donors (Lipinski definition) is 1. The molecule has 0 fully saturated rings. The Kier molecular flexibility index (Phi) is 5.14. The number of nitrogens with zero attached hydrogens (tertiary/aromatic N) is 2.